The number of aromatic nitrogens is 1. The second kappa shape index (κ2) is 8.29. The largest absolute Gasteiger partial charge is 0.496 e. The number of ether oxygens (including phenoxy) is 1. The molecule has 4 rings (SSSR count). The fourth-order valence-electron chi connectivity index (χ4n) is 3.06. The Morgan fingerprint density at radius 2 is 1.59 bits per heavy atom. The van der Waals surface area contributed by atoms with Crippen LogP contribution in [-0.4, -0.2) is 18.0 Å². The number of hydrogen-bond acceptors (Lipinski definition) is 4. The zero-order valence-corrected chi connectivity index (χ0v) is 17.0. The molecule has 4 nitrogen and oxygen atoms in total. The van der Waals surface area contributed by atoms with Crippen LogP contribution >= 0.6 is 11.3 Å². The van der Waals surface area contributed by atoms with Gasteiger partial charge in [0.15, 0.2) is 5.13 Å². The van der Waals surface area contributed by atoms with Crippen LogP contribution in [0.25, 0.3) is 21.7 Å². The van der Waals surface area contributed by atoms with E-state index in [-0.39, 0.29) is 5.91 Å². The number of hydrogen-bond donors (Lipinski definition) is 1. The molecule has 1 aromatic heterocycles. The van der Waals surface area contributed by atoms with Gasteiger partial charge in [0.25, 0.3) is 5.91 Å². The van der Waals surface area contributed by atoms with E-state index in [4.69, 9.17) is 9.72 Å². The van der Waals surface area contributed by atoms with E-state index in [0.29, 0.717) is 16.4 Å². The third-order valence-electron chi connectivity index (χ3n) is 4.56. The van der Waals surface area contributed by atoms with E-state index < -0.39 is 0 Å². The standard InChI is InChI=1S/C24H20N2O2S/c1-16-12-14-17(15-13-16)21-22(18-8-4-3-5-9-18)29-24(25-21)26-23(27)19-10-6-7-11-20(19)28-2/h3-15H,1-2H3,(H,25,26,27). The van der Waals surface area contributed by atoms with Crippen LogP contribution in [-0.2, 0) is 0 Å². The number of aryl methyl sites for hydroxylation is 1. The van der Waals surface area contributed by atoms with Gasteiger partial charge in [0, 0.05) is 5.56 Å². The lowest BCUT2D eigenvalue weighted by Gasteiger charge is -2.07. The molecule has 3 aromatic carbocycles. The second-order valence-electron chi connectivity index (χ2n) is 6.58. The summed E-state index contributed by atoms with van der Waals surface area (Å²) < 4.78 is 5.31. The number of nitrogens with zero attached hydrogens (tertiary/aromatic N) is 1. The molecule has 144 valence electrons. The number of rotatable bonds is 5. The van der Waals surface area contributed by atoms with Gasteiger partial charge in [0.2, 0.25) is 0 Å². The molecule has 1 amide bonds. The number of carbonyl (C=O) groups excluding carboxylic acids is 1. The summed E-state index contributed by atoms with van der Waals surface area (Å²) in [5.74, 6) is 0.287. The van der Waals surface area contributed by atoms with Crippen LogP contribution in [0.5, 0.6) is 5.75 Å². The predicted molar refractivity (Wildman–Crippen MR) is 119 cm³/mol. The third kappa shape index (κ3) is 4.05. The van der Waals surface area contributed by atoms with Gasteiger partial charge in [-0.2, -0.15) is 0 Å². The second-order valence-corrected chi connectivity index (χ2v) is 7.58. The van der Waals surface area contributed by atoms with Crippen molar-refractivity contribution in [1.82, 2.24) is 4.98 Å². The van der Waals surface area contributed by atoms with Gasteiger partial charge in [-0.3, -0.25) is 10.1 Å². The number of amides is 1. The van der Waals surface area contributed by atoms with Crippen LogP contribution < -0.4 is 10.1 Å². The number of para-hydroxylation sites is 1. The molecule has 0 bridgehead atoms. The molecule has 0 saturated heterocycles. The Kier molecular flexibility index (Phi) is 5.40. The Hall–Kier alpha value is -3.44. The summed E-state index contributed by atoms with van der Waals surface area (Å²) in [5.41, 5.74) is 4.61. The molecular formula is C24H20N2O2S. The lowest BCUT2D eigenvalue weighted by Crippen LogP contribution is -2.12. The molecule has 29 heavy (non-hydrogen) atoms. The molecule has 0 radical (unpaired) electrons. The number of carbonyl (C=O) groups is 1. The fraction of sp³-hybridized carbons (Fsp3) is 0.0833. The van der Waals surface area contributed by atoms with Gasteiger partial charge in [-0.15, -0.1) is 0 Å². The molecule has 0 fully saturated rings. The van der Waals surface area contributed by atoms with Crippen molar-refractivity contribution in [1.29, 1.82) is 0 Å². The maximum absolute atomic E-state index is 12.8. The van der Waals surface area contributed by atoms with Gasteiger partial charge >= 0.3 is 0 Å². The molecular weight excluding hydrogens is 380 g/mol. The van der Waals surface area contributed by atoms with Crippen LogP contribution in [0, 0.1) is 6.92 Å². The highest BCUT2D eigenvalue weighted by Crippen LogP contribution is 2.39. The molecule has 0 aliphatic heterocycles. The minimum atomic E-state index is -0.244. The van der Waals surface area contributed by atoms with Crippen molar-refractivity contribution < 1.29 is 9.53 Å². The summed E-state index contributed by atoms with van der Waals surface area (Å²) in [4.78, 5) is 18.6. The van der Waals surface area contributed by atoms with Crippen molar-refractivity contribution in [3.63, 3.8) is 0 Å². The number of nitrogens with one attached hydrogen (secondary N) is 1. The molecule has 1 heterocycles. The van der Waals surface area contributed by atoms with Crippen molar-refractivity contribution in [3.05, 3.63) is 90.0 Å². The summed E-state index contributed by atoms with van der Waals surface area (Å²) >= 11 is 1.46. The fourth-order valence-corrected chi connectivity index (χ4v) is 4.05. The maximum Gasteiger partial charge on any atom is 0.261 e. The van der Waals surface area contributed by atoms with Crippen LogP contribution in [0.4, 0.5) is 5.13 Å². The van der Waals surface area contributed by atoms with Gasteiger partial charge < -0.3 is 4.74 Å². The van der Waals surface area contributed by atoms with Crippen molar-refractivity contribution >= 4 is 22.4 Å². The molecule has 0 saturated carbocycles. The van der Waals surface area contributed by atoms with Gasteiger partial charge in [-0.05, 0) is 24.6 Å². The summed E-state index contributed by atoms with van der Waals surface area (Å²) in [6, 6.07) is 25.5. The quantitative estimate of drug-likeness (QED) is 0.444. The summed E-state index contributed by atoms with van der Waals surface area (Å²) in [5, 5.41) is 3.48. The van der Waals surface area contributed by atoms with Crippen molar-refractivity contribution in [2.75, 3.05) is 12.4 Å². The first-order chi connectivity index (χ1) is 14.2. The van der Waals surface area contributed by atoms with Crippen LogP contribution in [0.15, 0.2) is 78.9 Å². The van der Waals surface area contributed by atoms with E-state index in [2.05, 4.69) is 48.6 Å². The number of methoxy groups -OCH3 is 1. The van der Waals surface area contributed by atoms with Crippen LogP contribution in [0.2, 0.25) is 0 Å². The number of thiazole rings is 1. The molecule has 0 aliphatic rings. The van der Waals surface area contributed by atoms with Gasteiger partial charge in [-0.25, -0.2) is 4.98 Å². The first-order valence-electron chi connectivity index (χ1n) is 9.23. The minimum Gasteiger partial charge on any atom is -0.496 e. The van der Waals surface area contributed by atoms with Crippen LogP contribution in [0.1, 0.15) is 15.9 Å². The zero-order chi connectivity index (χ0) is 20.2. The summed E-state index contributed by atoms with van der Waals surface area (Å²) in [6.45, 7) is 2.06. The molecule has 0 aliphatic carbocycles. The van der Waals surface area contributed by atoms with E-state index in [1.807, 2.05) is 30.3 Å². The normalized spacial score (nSPS) is 10.6. The van der Waals surface area contributed by atoms with Crippen molar-refractivity contribution in [3.8, 4) is 27.4 Å². The Balaban J connectivity index is 1.73. The van der Waals surface area contributed by atoms with Crippen molar-refractivity contribution in [2.45, 2.75) is 6.92 Å². The Labute approximate surface area is 173 Å². The summed E-state index contributed by atoms with van der Waals surface area (Å²) in [7, 11) is 1.55. The molecule has 1 N–H and O–H groups in total. The number of benzene rings is 3. The predicted octanol–water partition coefficient (Wildman–Crippen LogP) is 6.05. The molecule has 0 spiro atoms. The third-order valence-corrected chi connectivity index (χ3v) is 5.58. The molecule has 5 heteroatoms. The minimum absolute atomic E-state index is 0.244. The Morgan fingerprint density at radius 1 is 0.897 bits per heavy atom. The van der Waals surface area contributed by atoms with Crippen molar-refractivity contribution in [2.24, 2.45) is 0 Å². The van der Waals surface area contributed by atoms with Gasteiger partial charge in [0.1, 0.15) is 5.75 Å². The zero-order valence-electron chi connectivity index (χ0n) is 16.2. The highest BCUT2D eigenvalue weighted by molar-refractivity contribution is 7.19. The lowest BCUT2D eigenvalue weighted by molar-refractivity contribution is 0.102. The van der Waals surface area contributed by atoms with Gasteiger partial charge in [-0.1, -0.05) is 83.6 Å². The molecule has 0 unspecified atom stereocenters. The topological polar surface area (TPSA) is 51.2 Å². The lowest BCUT2D eigenvalue weighted by atomic mass is 10.1. The Bertz CT molecular complexity index is 1140. The Morgan fingerprint density at radius 3 is 2.31 bits per heavy atom. The van der Waals surface area contributed by atoms with E-state index in [1.165, 1.54) is 16.9 Å². The monoisotopic (exact) mass is 400 g/mol. The SMILES string of the molecule is COc1ccccc1C(=O)Nc1nc(-c2ccc(C)cc2)c(-c2ccccc2)s1. The average Bonchev–Trinajstić information content (AvgIpc) is 3.18. The highest BCUT2D eigenvalue weighted by atomic mass is 32.1. The van der Waals surface area contributed by atoms with Crippen LogP contribution in [0.3, 0.4) is 0 Å². The number of anilines is 1. The first kappa shape index (κ1) is 18.9. The maximum atomic E-state index is 12.8. The van der Waals surface area contributed by atoms with E-state index in [1.54, 1.807) is 19.2 Å². The summed E-state index contributed by atoms with van der Waals surface area (Å²) in [6.07, 6.45) is 0. The smallest absolute Gasteiger partial charge is 0.261 e. The highest BCUT2D eigenvalue weighted by Gasteiger charge is 2.18. The van der Waals surface area contributed by atoms with E-state index in [9.17, 15) is 4.79 Å². The molecule has 4 aromatic rings. The first-order valence-corrected chi connectivity index (χ1v) is 10.0. The van der Waals surface area contributed by atoms with E-state index >= 15 is 0 Å². The van der Waals surface area contributed by atoms with Gasteiger partial charge in [0.05, 0.1) is 23.2 Å². The molecule has 0 atom stereocenters. The van der Waals surface area contributed by atoms with E-state index in [0.717, 1.165) is 21.7 Å². The average molecular weight is 401 g/mol.